The highest BCUT2D eigenvalue weighted by atomic mass is 16.5. The summed E-state index contributed by atoms with van der Waals surface area (Å²) in [6, 6.07) is 13.8. The molecule has 2 aromatic carbocycles. The van der Waals surface area contributed by atoms with Crippen molar-refractivity contribution in [3.8, 4) is 0 Å². The summed E-state index contributed by atoms with van der Waals surface area (Å²) in [5.74, 6) is 0.299. The van der Waals surface area contributed by atoms with E-state index in [1.165, 1.54) is 0 Å². The fourth-order valence-corrected chi connectivity index (χ4v) is 2.96. The summed E-state index contributed by atoms with van der Waals surface area (Å²) in [6.45, 7) is 2.15. The van der Waals surface area contributed by atoms with Crippen LogP contribution in [0.5, 0.6) is 0 Å². The number of ether oxygens (including phenoxy) is 1. The number of hydrogen-bond acceptors (Lipinski definition) is 3. The Morgan fingerprint density at radius 1 is 1.25 bits per heavy atom. The minimum absolute atomic E-state index is 0.121. The van der Waals surface area contributed by atoms with E-state index in [-0.39, 0.29) is 12.6 Å². The number of carbonyl (C=O) groups is 1. The standard InChI is InChI=1S/C19H17N3O2/c1-12-7-8-15-16(9-12)21-18(20-15)11-24-19(23)14-10-22(2)17-6-4-3-5-13(14)17/h3-10H,11H2,1-2H3,(H,20,21). The molecule has 0 radical (unpaired) electrons. The molecule has 0 spiro atoms. The summed E-state index contributed by atoms with van der Waals surface area (Å²) >= 11 is 0. The summed E-state index contributed by atoms with van der Waals surface area (Å²) in [4.78, 5) is 20.1. The van der Waals surface area contributed by atoms with Crippen molar-refractivity contribution in [2.24, 2.45) is 7.05 Å². The number of benzene rings is 2. The molecule has 4 aromatic rings. The average molecular weight is 319 g/mol. The van der Waals surface area contributed by atoms with Crippen molar-refractivity contribution in [3.63, 3.8) is 0 Å². The lowest BCUT2D eigenvalue weighted by Crippen LogP contribution is -2.05. The van der Waals surface area contributed by atoms with Crippen LogP contribution in [0.15, 0.2) is 48.7 Å². The Labute approximate surface area is 138 Å². The van der Waals surface area contributed by atoms with Gasteiger partial charge in [-0.3, -0.25) is 0 Å². The fourth-order valence-electron chi connectivity index (χ4n) is 2.96. The zero-order chi connectivity index (χ0) is 16.7. The summed E-state index contributed by atoms with van der Waals surface area (Å²) in [6.07, 6.45) is 1.80. The van der Waals surface area contributed by atoms with Gasteiger partial charge in [0.25, 0.3) is 0 Å². The van der Waals surface area contributed by atoms with Gasteiger partial charge in [-0.05, 0) is 30.7 Å². The molecule has 0 aliphatic rings. The quantitative estimate of drug-likeness (QED) is 0.585. The van der Waals surface area contributed by atoms with Crippen molar-refractivity contribution in [2.75, 3.05) is 0 Å². The fraction of sp³-hybridized carbons (Fsp3) is 0.158. The van der Waals surface area contributed by atoms with Gasteiger partial charge in [-0.1, -0.05) is 24.3 Å². The molecule has 1 N–H and O–H groups in total. The molecule has 0 unspecified atom stereocenters. The molecule has 0 saturated carbocycles. The van der Waals surface area contributed by atoms with Gasteiger partial charge in [-0.2, -0.15) is 0 Å². The average Bonchev–Trinajstić information content (AvgIpc) is 3.13. The van der Waals surface area contributed by atoms with Crippen LogP contribution in [0.3, 0.4) is 0 Å². The smallest absolute Gasteiger partial charge is 0.340 e. The molecule has 0 bridgehead atoms. The van der Waals surface area contributed by atoms with Crippen LogP contribution in [-0.2, 0) is 18.4 Å². The van der Waals surface area contributed by atoms with E-state index in [9.17, 15) is 4.79 Å². The predicted molar refractivity (Wildman–Crippen MR) is 92.9 cm³/mol. The van der Waals surface area contributed by atoms with E-state index in [1.807, 2.05) is 61.0 Å². The molecule has 0 fully saturated rings. The molecule has 0 atom stereocenters. The molecule has 4 rings (SSSR count). The Morgan fingerprint density at radius 2 is 2.08 bits per heavy atom. The van der Waals surface area contributed by atoms with Gasteiger partial charge in [0.2, 0.25) is 0 Å². The molecule has 5 nitrogen and oxygen atoms in total. The number of fused-ring (bicyclic) bond motifs is 2. The number of aromatic nitrogens is 3. The SMILES string of the molecule is Cc1ccc2nc(COC(=O)c3cn(C)c4ccccc34)[nH]c2c1. The number of esters is 1. The lowest BCUT2D eigenvalue weighted by atomic mass is 10.2. The van der Waals surface area contributed by atoms with E-state index in [0.29, 0.717) is 11.4 Å². The zero-order valence-corrected chi connectivity index (χ0v) is 13.5. The number of para-hydroxylation sites is 1. The molecule has 5 heteroatoms. The van der Waals surface area contributed by atoms with Crippen LogP contribution in [0.25, 0.3) is 21.9 Å². The van der Waals surface area contributed by atoms with Gasteiger partial charge < -0.3 is 14.3 Å². The first kappa shape index (κ1) is 14.5. The largest absolute Gasteiger partial charge is 0.454 e. The molecule has 2 heterocycles. The second kappa shape index (κ2) is 5.53. The van der Waals surface area contributed by atoms with Crippen LogP contribution in [0, 0.1) is 6.92 Å². The van der Waals surface area contributed by atoms with Gasteiger partial charge in [0, 0.05) is 24.1 Å². The van der Waals surface area contributed by atoms with Crippen molar-refractivity contribution in [2.45, 2.75) is 13.5 Å². The molecule has 0 saturated heterocycles. The molecular weight excluding hydrogens is 302 g/mol. The number of rotatable bonds is 3. The van der Waals surface area contributed by atoms with Gasteiger partial charge in [0.1, 0.15) is 12.4 Å². The zero-order valence-electron chi connectivity index (χ0n) is 13.5. The topological polar surface area (TPSA) is 59.9 Å². The van der Waals surface area contributed by atoms with E-state index in [4.69, 9.17) is 4.74 Å². The van der Waals surface area contributed by atoms with Crippen LogP contribution in [0.4, 0.5) is 0 Å². The summed E-state index contributed by atoms with van der Waals surface area (Å²) in [5.41, 5.74) is 4.55. The van der Waals surface area contributed by atoms with Gasteiger partial charge in [0.15, 0.2) is 0 Å². The number of aryl methyl sites for hydroxylation is 2. The van der Waals surface area contributed by atoms with Crippen LogP contribution < -0.4 is 0 Å². The Morgan fingerprint density at radius 3 is 2.96 bits per heavy atom. The van der Waals surface area contributed by atoms with E-state index in [1.54, 1.807) is 6.20 Å². The number of aromatic amines is 1. The number of carbonyl (C=O) groups excluding carboxylic acids is 1. The number of imidazole rings is 1. The molecule has 120 valence electrons. The van der Waals surface area contributed by atoms with Crippen molar-refractivity contribution in [3.05, 3.63) is 65.6 Å². The monoisotopic (exact) mass is 319 g/mol. The van der Waals surface area contributed by atoms with Gasteiger partial charge in [-0.15, -0.1) is 0 Å². The maximum absolute atomic E-state index is 12.4. The summed E-state index contributed by atoms with van der Waals surface area (Å²) < 4.78 is 7.38. The summed E-state index contributed by atoms with van der Waals surface area (Å²) in [5, 5.41) is 0.894. The molecule has 0 aliphatic carbocycles. The third-order valence-electron chi connectivity index (χ3n) is 4.14. The second-order valence-corrected chi connectivity index (χ2v) is 5.95. The van der Waals surface area contributed by atoms with E-state index >= 15 is 0 Å². The highest BCUT2D eigenvalue weighted by Crippen LogP contribution is 2.21. The summed E-state index contributed by atoms with van der Waals surface area (Å²) in [7, 11) is 1.92. The Hall–Kier alpha value is -3.08. The van der Waals surface area contributed by atoms with Crippen LogP contribution >= 0.6 is 0 Å². The Kier molecular flexibility index (Phi) is 3.34. The number of nitrogens with zero attached hydrogens (tertiary/aromatic N) is 2. The van der Waals surface area contributed by atoms with Crippen molar-refractivity contribution in [1.82, 2.24) is 14.5 Å². The first-order valence-corrected chi connectivity index (χ1v) is 7.78. The number of hydrogen-bond donors (Lipinski definition) is 1. The highest BCUT2D eigenvalue weighted by molar-refractivity contribution is 6.04. The first-order chi connectivity index (χ1) is 11.6. The molecule has 0 amide bonds. The molecular formula is C19H17N3O2. The van der Waals surface area contributed by atoms with Gasteiger partial charge in [-0.25, -0.2) is 9.78 Å². The highest BCUT2D eigenvalue weighted by Gasteiger charge is 2.15. The van der Waals surface area contributed by atoms with Crippen molar-refractivity contribution in [1.29, 1.82) is 0 Å². The second-order valence-electron chi connectivity index (χ2n) is 5.95. The Balaban J connectivity index is 1.57. The third kappa shape index (κ3) is 2.44. The molecule has 2 aromatic heterocycles. The van der Waals surface area contributed by atoms with Crippen molar-refractivity contribution < 1.29 is 9.53 Å². The van der Waals surface area contributed by atoms with E-state index < -0.39 is 0 Å². The molecule has 0 aliphatic heterocycles. The minimum atomic E-state index is -0.344. The van der Waals surface area contributed by atoms with Crippen LogP contribution in [-0.4, -0.2) is 20.5 Å². The van der Waals surface area contributed by atoms with E-state index in [2.05, 4.69) is 9.97 Å². The minimum Gasteiger partial charge on any atom is -0.454 e. The number of H-pyrrole nitrogens is 1. The van der Waals surface area contributed by atoms with Crippen molar-refractivity contribution >= 4 is 27.9 Å². The predicted octanol–water partition coefficient (Wildman–Crippen LogP) is 3.72. The lowest BCUT2D eigenvalue weighted by Gasteiger charge is -2.01. The third-order valence-corrected chi connectivity index (χ3v) is 4.14. The lowest BCUT2D eigenvalue weighted by molar-refractivity contribution is 0.0465. The van der Waals surface area contributed by atoms with Crippen LogP contribution in [0.1, 0.15) is 21.7 Å². The van der Waals surface area contributed by atoms with E-state index in [0.717, 1.165) is 27.5 Å². The number of nitrogens with one attached hydrogen (secondary N) is 1. The van der Waals surface area contributed by atoms with Crippen LogP contribution in [0.2, 0.25) is 0 Å². The first-order valence-electron chi connectivity index (χ1n) is 7.78. The van der Waals surface area contributed by atoms with Gasteiger partial charge in [0.05, 0.1) is 16.6 Å². The molecule has 24 heavy (non-hydrogen) atoms. The van der Waals surface area contributed by atoms with Gasteiger partial charge >= 0.3 is 5.97 Å². The maximum Gasteiger partial charge on any atom is 0.340 e. The maximum atomic E-state index is 12.4. The Bertz CT molecular complexity index is 1060. The normalized spacial score (nSPS) is 11.2.